The molecule has 0 saturated heterocycles. The first-order chi connectivity index (χ1) is 8.08. The Hall–Kier alpha value is -1.09. The number of allylic oxidation sites excluding steroid dienone is 1. The molecule has 0 atom stereocenters. The zero-order chi connectivity index (χ0) is 12.3. The van der Waals surface area contributed by atoms with Crippen LogP contribution in [0.15, 0.2) is 40.1 Å². The molecule has 1 fully saturated rings. The summed E-state index contributed by atoms with van der Waals surface area (Å²) in [6, 6.07) is 7.05. The molecule has 2 rings (SSSR count). The van der Waals surface area contributed by atoms with E-state index < -0.39 is 9.84 Å². The van der Waals surface area contributed by atoms with Gasteiger partial charge in [0.2, 0.25) is 0 Å². The summed E-state index contributed by atoms with van der Waals surface area (Å²) in [6.07, 6.45) is 5.34. The monoisotopic (exact) mass is 250 g/mol. The van der Waals surface area contributed by atoms with Gasteiger partial charge in [-0.2, -0.15) is 0 Å². The Kier molecular flexibility index (Phi) is 3.67. The molecule has 1 aromatic carbocycles. The Labute approximate surface area is 103 Å². The highest BCUT2D eigenvalue weighted by Crippen LogP contribution is 2.25. The maximum atomic E-state index is 12.1. The van der Waals surface area contributed by atoms with Gasteiger partial charge in [0.1, 0.15) is 0 Å². The van der Waals surface area contributed by atoms with Crippen LogP contribution in [0.5, 0.6) is 0 Å². The highest BCUT2D eigenvalue weighted by molar-refractivity contribution is 7.94. The second kappa shape index (κ2) is 5.05. The van der Waals surface area contributed by atoms with Crippen molar-refractivity contribution in [2.75, 3.05) is 0 Å². The molecular weight excluding hydrogens is 232 g/mol. The molecule has 3 heteroatoms. The van der Waals surface area contributed by atoms with E-state index in [1.807, 2.05) is 19.1 Å². The molecular formula is C14H18O2S. The van der Waals surface area contributed by atoms with Crippen LogP contribution in [0.25, 0.3) is 0 Å². The quantitative estimate of drug-likeness (QED) is 0.803. The highest BCUT2D eigenvalue weighted by Gasteiger charge is 2.14. The van der Waals surface area contributed by atoms with Gasteiger partial charge in [0.15, 0.2) is 9.84 Å². The first-order valence-electron chi connectivity index (χ1n) is 6.09. The van der Waals surface area contributed by atoms with Crippen LogP contribution in [0.2, 0.25) is 0 Å². The molecule has 1 aromatic rings. The van der Waals surface area contributed by atoms with Crippen LogP contribution in [0, 0.1) is 6.92 Å². The van der Waals surface area contributed by atoms with E-state index in [0.717, 1.165) is 36.8 Å². The van der Waals surface area contributed by atoms with Gasteiger partial charge in [0.25, 0.3) is 0 Å². The zero-order valence-corrected chi connectivity index (χ0v) is 11.0. The van der Waals surface area contributed by atoms with Crippen LogP contribution in [-0.2, 0) is 9.84 Å². The molecule has 0 N–H and O–H groups in total. The van der Waals surface area contributed by atoms with E-state index in [2.05, 4.69) is 0 Å². The van der Waals surface area contributed by atoms with Gasteiger partial charge < -0.3 is 0 Å². The van der Waals surface area contributed by atoms with Gasteiger partial charge in [-0.1, -0.05) is 29.7 Å². The van der Waals surface area contributed by atoms with Gasteiger partial charge in [0.05, 0.1) is 4.90 Å². The lowest BCUT2D eigenvalue weighted by atomic mass is 9.96. The summed E-state index contributed by atoms with van der Waals surface area (Å²) in [5.41, 5.74) is 2.16. The van der Waals surface area contributed by atoms with Crippen molar-refractivity contribution in [3.8, 4) is 0 Å². The molecule has 0 amide bonds. The predicted octanol–water partition coefficient (Wildman–Crippen LogP) is 3.62. The fraction of sp³-hybridized carbons (Fsp3) is 0.429. The third kappa shape index (κ3) is 3.19. The molecule has 0 aromatic heterocycles. The van der Waals surface area contributed by atoms with Crippen LogP contribution in [0.4, 0.5) is 0 Å². The van der Waals surface area contributed by atoms with Crippen molar-refractivity contribution < 1.29 is 8.42 Å². The predicted molar refractivity (Wildman–Crippen MR) is 69.5 cm³/mol. The minimum absolute atomic E-state index is 0.404. The lowest BCUT2D eigenvalue weighted by Crippen LogP contribution is -2.01. The molecule has 0 spiro atoms. The largest absolute Gasteiger partial charge is 0.219 e. The van der Waals surface area contributed by atoms with Crippen LogP contribution in [0.3, 0.4) is 0 Å². The molecule has 0 bridgehead atoms. The van der Waals surface area contributed by atoms with E-state index >= 15 is 0 Å². The van der Waals surface area contributed by atoms with Gasteiger partial charge >= 0.3 is 0 Å². The van der Waals surface area contributed by atoms with E-state index in [4.69, 9.17) is 0 Å². The number of sulfone groups is 1. The lowest BCUT2D eigenvalue weighted by Gasteiger charge is -2.13. The molecule has 0 aliphatic heterocycles. The Bertz CT molecular complexity index is 502. The fourth-order valence-corrected chi connectivity index (χ4v) is 3.47. The average molecular weight is 250 g/mol. The summed E-state index contributed by atoms with van der Waals surface area (Å²) in [5.74, 6) is 0. The second-order valence-electron chi connectivity index (χ2n) is 4.69. The summed E-state index contributed by atoms with van der Waals surface area (Å²) in [7, 11) is -3.24. The summed E-state index contributed by atoms with van der Waals surface area (Å²) >= 11 is 0. The van der Waals surface area contributed by atoms with E-state index in [1.165, 1.54) is 11.8 Å². The van der Waals surface area contributed by atoms with Crippen molar-refractivity contribution >= 4 is 9.84 Å². The van der Waals surface area contributed by atoms with Crippen molar-refractivity contribution in [3.63, 3.8) is 0 Å². The van der Waals surface area contributed by atoms with Crippen molar-refractivity contribution in [1.82, 2.24) is 0 Å². The Balaban J connectivity index is 2.27. The molecule has 0 radical (unpaired) electrons. The third-order valence-electron chi connectivity index (χ3n) is 3.17. The summed E-state index contributed by atoms with van der Waals surface area (Å²) < 4.78 is 24.3. The minimum Gasteiger partial charge on any atom is -0.219 e. The van der Waals surface area contributed by atoms with E-state index in [-0.39, 0.29) is 0 Å². The van der Waals surface area contributed by atoms with Gasteiger partial charge in [-0.3, -0.25) is 0 Å². The van der Waals surface area contributed by atoms with Crippen molar-refractivity contribution in [2.45, 2.75) is 43.9 Å². The normalized spacial score (nSPS) is 16.9. The van der Waals surface area contributed by atoms with Crippen LogP contribution >= 0.6 is 0 Å². The maximum absolute atomic E-state index is 12.1. The second-order valence-corrected chi connectivity index (χ2v) is 6.49. The van der Waals surface area contributed by atoms with Crippen LogP contribution in [-0.4, -0.2) is 8.42 Å². The summed E-state index contributed by atoms with van der Waals surface area (Å²) in [5, 5.41) is 1.48. The highest BCUT2D eigenvalue weighted by atomic mass is 32.2. The number of hydrogen-bond acceptors (Lipinski definition) is 2. The molecule has 1 aliphatic rings. The molecule has 17 heavy (non-hydrogen) atoms. The number of benzene rings is 1. The first-order valence-corrected chi connectivity index (χ1v) is 7.64. The van der Waals surface area contributed by atoms with Crippen molar-refractivity contribution in [3.05, 3.63) is 40.8 Å². The molecule has 0 heterocycles. The Morgan fingerprint density at radius 1 is 1.00 bits per heavy atom. The van der Waals surface area contributed by atoms with E-state index in [1.54, 1.807) is 12.1 Å². The maximum Gasteiger partial charge on any atom is 0.199 e. The standard InChI is InChI=1S/C14H18O2S/c1-12-7-9-14(10-8-12)17(15,16)11-13-5-3-2-4-6-13/h7-11H,2-6H2,1H3. The SMILES string of the molecule is Cc1ccc(S(=O)(=O)C=C2CCCCC2)cc1. The Morgan fingerprint density at radius 3 is 2.18 bits per heavy atom. The number of hydrogen-bond donors (Lipinski definition) is 0. The fourth-order valence-electron chi connectivity index (χ4n) is 2.14. The molecule has 92 valence electrons. The van der Waals surface area contributed by atoms with Gasteiger partial charge in [-0.15, -0.1) is 0 Å². The van der Waals surface area contributed by atoms with Crippen LogP contribution in [0.1, 0.15) is 37.7 Å². The summed E-state index contributed by atoms with van der Waals surface area (Å²) in [4.78, 5) is 0.404. The van der Waals surface area contributed by atoms with E-state index in [9.17, 15) is 8.42 Å². The molecule has 0 unspecified atom stereocenters. The number of aryl methyl sites for hydroxylation is 1. The first kappa shape index (κ1) is 12.4. The Morgan fingerprint density at radius 2 is 1.59 bits per heavy atom. The van der Waals surface area contributed by atoms with Crippen LogP contribution < -0.4 is 0 Å². The van der Waals surface area contributed by atoms with Crippen molar-refractivity contribution in [1.29, 1.82) is 0 Å². The lowest BCUT2D eigenvalue weighted by molar-refractivity contribution is 0.591. The molecule has 2 nitrogen and oxygen atoms in total. The van der Waals surface area contributed by atoms with Gasteiger partial charge in [-0.25, -0.2) is 8.42 Å². The van der Waals surface area contributed by atoms with Gasteiger partial charge in [0, 0.05) is 5.41 Å². The molecule has 1 saturated carbocycles. The van der Waals surface area contributed by atoms with Gasteiger partial charge in [-0.05, 0) is 44.7 Å². The third-order valence-corrected chi connectivity index (χ3v) is 4.74. The van der Waals surface area contributed by atoms with Crippen molar-refractivity contribution in [2.24, 2.45) is 0 Å². The topological polar surface area (TPSA) is 34.1 Å². The smallest absolute Gasteiger partial charge is 0.199 e. The van der Waals surface area contributed by atoms with E-state index in [0.29, 0.717) is 4.90 Å². The number of rotatable bonds is 2. The minimum atomic E-state index is -3.24. The molecule has 1 aliphatic carbocycles. The zero-order valence-electron chi connectivity index (χ0n) is 10.1. The summed E-state index contributed by atoms with van der Waals surface area (Å²) in [6.45, 7) is 1.95. The average Bonchev–Trinajstić information content (AvgIpc) is 2.30.